The van der Waals surface area contributed by atoms with Crippen LogP contribution in [0.4, 0.5) is 25.8 Å². The van der Waals surface area contributed by atoms with Gasteiger partial charge in [0.1, 0.15) is 11.4 Å². The molecule has 0 atom stereocenters. The molecule has 0 fully saturated rings. The Morgan fingerprint density at radius 3 is 2.39 bits per heavy atom. The summed E-state index contributed by atoms with van der Waals surface area (Å²) in [5.74, 6) is -0.305. The summed E-state index contributed by atoms with van der Waals surface area (Å²) in [6.45, 7) is -1.61. The fourth-order valence-electron chi connectivity index (χ4n) is 1.88. The molecule has 0 aliphatic rings. The maximum atomic E-state index is 12.1. The lowest BCUT2D eigenvalue weighted by Crippen LogP contribution is -2.02. The van der Waals surface area contributed by atoms with E-state index in [1.807, 2.05) is 0 Å². The summed E-state index contributed by atoms with van der Waals surface area (Å²) in [4.78, 5) is 21.8. The van der Waals surface area contributed by atoms with Gasteiger partial charge in [-0.1, -0.05) is 0 Å². The number of hydrogen-bond acceptors (Lipinski definition) is 5. The SMILES string of the molecule is CC(=O)c1ccc(Nc2ccc(OC(F)F)cc2)c([N+](=O)[O-])c1. The zero-order chi connectivity index (χ0) is 17.0. The molecule has 1 N–H and O–H groups in total. The molecule has 0 saturated heterocycles. The Kier molecular flexibility index (Phi) is 4.85. The molecule has 0 bridgehead atoms. The fourth-order valence-corrected chi connectivity index (χ4v) is 1.88. The van der Waals surface area contributed by atoms with Gasteiger partial charge < -0.3 is 10.1 Å². The van der Waals surface area contributed by atoms with Crippen LogP contribution in [0.2, 0.25) is 0 Å². The predicted octanol–water partition coefficient (Wildman–Crippen LogP) is 4.14. The zero-order valence-corrected chi connectivity index (χ0v) is 12.0. The first-order valence-corrected chi connectivity index (χ1v) is 6.48. The average molecular weight is 322 g/mol. The van der Waals surface area contributed by atoms with Gasteiger partial charge in [0, 0.05) is 17.3 Å². The Labute approximate surface area is 129 Å². The lowest BCUT2D eigenvalue weighted by Gasteiger charge is -2.09. The van der Waals surface area contributed by atoms with E-state index in [-0.39, 0.29) is 28.5 Å². The number of alkyl halides is 2. The summed E-state index contributed by atoms with van der Waals surface area (Å²) in [7, 11) is 0. The van der Waals surface area contributed by atoms with Crippen molar-refractivity contribution in [3.63, 3.8) is 0 Å². The molecule has 120 valence electrons. The molecule has 0 unspecified atom stereocenters. The third-order valence-corrected chi connectivity index (χ3v) is 2.96. The third kappa shape index (κ3) is 4.22. The van der Waals surface area contributed by atoms with Gasteiger partial charge in [-0.15, -0.1) is 0 Å². The van der Waals surface area contributed by atoms with Gasteiger partial charge >= 0.3 is 6.61 Å². The van der Waals surface area contributed by atoms with Crippen LogP contribution in [0.3, 0.4) is 0 Å². The summed E-state index contributed by atoms with van der Waals surface area (Å²) >= 11 is 0. The number of nitrogens with zero attached hydrogens (tertiary/aromatic N) is 1. The monoisotopic (exact) mass is 322 g/mol. The lowest BCUT2D eigenvalue weighted by atomic mass is 10.1. The second-order valence-corrected chi connectivity index (χ2v) is 4.57. The highest BCUT2D eigenvalue weighted by molar-refractivity contribution is 5.95. The Hall–Kier alpha value is -3.03. The molecule has 0 aliphatic heterocycles. The van der Waals surface area contributed by atoms with Crippen molar-refractivity contribution >= 4 is 22.8 Å². The van der Waals surface area contributed by atoms with Crippen molar-refractivity contribution in [1.29, 1.82) is 0 Å². The van der Waals surface area contributed by atoms with Gasteiger partial charge in [0.15, 0.2) is 5.78 Å². The Bertz CT molecular complexity index is 733. The number of benzene rings is 2. The molecule has 23 heavy (non-hydrogen) atoms. The van der Waals surface area contributed by atoms with Crippen LogP contribution in [-0.4, -0.2) is 17.3 Å². The maximum Gasteiger partial charge on any atom is 0.387 e. The van der Waals surface area contributed by atoms with Crippen LogP contribution < -0.4 is 10.1 Å². The number of ether oxygens (including phenoxy) is 1. The van der Waals surface area contributed by atoms with Crippen LogP contribution in [0.5, 0.6) is 5.75 Å². The molecule has 2 rings (SSSR count). The van der Waals surface area contributed by atoms with E-state index < -0.39 is 11.5 Å². The number of carbonyl (C=O) groups excluding carboxylic acids is 1. The molecule has 2 aromatic carbocycles. The minimum absolute atomic E-state index is 0.0213. The summed E-state index contributed by atoms with van der Waals surface area (Å²) < 4.78 is 28.4. The van der Waals surface area contributed by atoms with Crippen LogP contribution in [0.1, 0.15) is 17.3 Å². The number of nitrogens with one attached hydrogen (secondary N) is 1. The smallest absolute Gasteiger partial charge is 0.387 e. The highest BCUT2D eigenvalue weighted by Gasteiger charge is 2.16. The molecule has 0 radical (unpaired) electrons. The van der Waals surface area contributed by atoms with Crippen LogP contribution in [0.25, 0.3) is 0 Å². The third-order valence-electron chi connectivity index (χ3n) is 2.96. The van der Waals surface area contributed by atoms with E-state index in [9.17, 15) is 23.7 Å². The summed E-state index contributed by atoms with van der Waals surface area (Å²) in [6, 6.07) is 9.57. The Morgan fingerprint density at radius 2 is 1.87 bits per heavy atom. The number of halogens is 2. The second-order valence-electron chi connectivity index (χ2n) is 4.57. The topological polar surface area (TPSA) is 81.5 Å². The van der Waals surface area contributed by atoms with Gasteiger partial charge in [0.05, 0.1) is 4.92 Å². The number of Topliss-reactive ketones (excluding diaryl/α,β-unsaturated/α-hetero) is 1. The van der Waals surface area contributed by atoms with Crippen LogP contribution in [0.15, 0.2) is 42.5 Å². The van der Waals surface area contributed by atoms with Gasteiger partial charge in [-0.2, -0.15) is 8.78 Å². The first-order chi connectivity index (χ1) is 10.9. The van der Waals surface area contributed by atoms with Gasteiger partial charge in [0.2, 0.25) is 0 Å². The molecule has 8 heteroatoms. The molecule has 2 aromatic rings. The van der Waals surface area contributed by atoms with Crippen molar-refractivity contribution in [2.24, 2.45) is 0 Å². The summed E-state index contributed by atoms with van der Waals surface area (Å²) in [5, 5.41) is 13.9. The van der Waals surface area contributed by atoms with Crippen molar-refractivity contribution in [3.8, 4) is 5.75 Å². The molecule has 0 aliphatic carbocycles. The summed E-state index contributed by atoms with van der Waals surface area (Å²) in [5.41, 5.74) is 0.598. The predicted molar refractivity (Wildman–Crippen MR) is 79.5 cm³/mol. The van der Waals surface area contributed by atoms with E-state index in [1.54, 1.807) is 0 Å². The highest BCUT2D eigenvalue weighted by atomic mass is 19.3. The van der Waals surface area contributed by atoms with Crippen molar-refractivity contribution in [2.45, 2.75) is 13.5 Å². The number of anilines is 2. The fraction of sp³-hybridized carbons (Fsp3) is 0.133. The van der Waals surface area contributed by atoms with Crippen molar-refractivity contribution in [3.05, 3.63) is 58.1 Å². The zero-order valence-electron chi connectivity index (χ0n) is 12.0. The Balaban J connectivity index is 2.25. The number of nitro groups is 1. The van der Waals surface area contributed by atoms with E-state index in [0.29, 0.717) is 5.69 Å². The maximum absolute atomic E-state index is 12.1. The van der Waals surface area contributed by atoms with Crippen LogP contribution in [0, 0.1) is 10.1 Å². The number of ketones is 1. The largest absolute Gasteiger partial charge is 0.435 e. The van der Waals surface area contributed by atoms with Crippen molar-refractivity contribution in [1.82, 2.24) is 0 Å². The molecule has 0 aromatic heterocycles. The quantitative estimate of drug-likeness (QED) is 0.491. The lowest BCUT2D eigenvalue weighted by molar-refractivity contribution is -0.383. The number of carbonyl (C=O) groups is 1. The molecule has 0 heterocycles. The second kappa shape index (κ2) is 6.82. The highest BCUT2D eigenvalue weighted by Crippen LogP contribution is 2.29. The standard InChI is InChI=1S/C15H12F2N2O4/c1-9(20)10-2-7-13(14(8-10)19(21)22)18-11-3-5-12(6-4-11)23-15(16)17/h2-8,15,18H,1H3. The van der Waals surface area contributed by atoms with Gasteiger partial charge in [-0.3, -0.25) is 14.9 Å². The van der Waals surface area contributed by atoms with Gasteiger partial charge in [0.25, 0.3) is 5.69 Å². The van der Waals surface area contributed by atoms with E-state index in [4.69, 9.17) is 0 Å². The van der Waals surface area contributed by atoms with Crippen LogP contribution >= 0.6 is 0 Å². The Morgan fingerprint density at radius 1 is 1.22 bits per heavy atom. The first-order valence-electron chi connectivity index (χ1n) is 6.48. The molecule has 0 saturated carbocycles. The number of nitro benzene ring substituents is 1. The van der Waals surface area contributed by atoms with Gasteiger partial charge in [-0.05, 0) is 43.3 Å². The molecule has 6 nitrogen and oxygen atoms in total. The number of rotatable bonds is 6. The number of hydrogen-bond donors (Lipinski definition) is 1. The van der Waals surface area contributed by atoms with E-state index in [0.717, 1.165) is 0 Å². The van der Waals surface area contributed by atoms with E-state index >= 15 is 0 Å². The van der Waals surface area contributed by atoms with Gasteiger partial charge in [-0.25, -0.2) is 0 Å². The average Bonchev–Trinajstić information content (AvgIpc) is 2.48. The summed E-state index contributed by atoms with van der Waals surface area (Å²) in [6.07, 6.45) is 0. The molecular formula is C15H12F2N2O4. The van der Waals surface area contributed by atoms with Crippen molar-refractivity contribution in [2.75, 3.05) is 5.32 Å². The molecule has 0 spiro atoms. The normalized spacial score (nSPS) is 10.4. The van der Waals surface area contributed by atoms with E-state index in [1.165, 1.54) is 49.4 Å². The van der Waals surface area contributed by atoms with E-state index in [2.05, 4.69) is 10.1 Å². The molecule has 0 amide bonds. The minimum atomic E-state index is -2.92. The van der Waals surface area contributed by atoms with Crippen LogP contribution in [-0.2, 0) is 0 Å². The van der Waals surface area contributed by atoms with Crippen molar-refractivity contribution < 1.29 is 23.2 Å². The first kappa shape index (κ1) is 16.3. The molecular weight excluding hydrogens is 310 g/mol. The minimum Gasteiger partial charge on any atom is -0.435 e.